The summed E-state index contributed by atoms with van der Waals surface area (Å²) in [5.41, 5.74) is 2.91. The Labute approximate surface area is 146 Å². The van der Waals surface area contributed by atoms with Crippen molar-refractivity contribution >= 4 is 11.7 Å². The predicted octanol–water partition coefficient (Wildman–Crippen LogP) is 1.01. The van der Waals surface area contributed by atoms with Gasteiger partial charge in [0.25, 0.3) is 0 Å². The molecule has 1 saturated heterocycles. The average Bonchev–Trinajstić information content (AvgIpc) is 3.07. The molecule has 0 aliphatic carbocycles. The summed E-state index contributed by atoms with van der Waals surface area (Å²) < 4.78 is 0. The standard InChI is InChI=1S/C18H21N5O2/c1-12(24)22-9-5-15-16(11-22)20-17(13-2-6-19-7-3-13)21-18(15)23-8-4-14(25)10-23/h2-3,6-7,14,25H,4-5,8-11H2,1H3/t14-/m0/s1. The lowest BCUT2D eigenvalue weighted by Crippen LogP contribution is -2.36. The topological polar surface area (TPSA) is 82.5 Å². The minimum Gasteiger partial charge on any atom is -0.391 e. The quantitative estimate of drug-likeness (QED) is 0.879. The van der Waals surface area contributed by atoms with E-state index in [9.17, 15) is 9.90 Å². The fraction of sp³-hybridized carbons (Fsp3) is 0.444. The first-order chi connectivity index (χ1) is 12.1. The number of carbonyl (C=O) groups excluding carboxylic acids is 1. The zero-order valence-corrected chi connectivity index (χ0v) is 14.2. The van der Waals surface area contributed by atoms with Crippen LogP contribution in [0.1, 0.15) is 24.6 Å². The second-order valence-electron chi connectivity index (χ2n) is 6.61. The van der Waals surface area contributed by atoms with Gasteiger partial charge in [0.15, 0.2) is 5.82 Å². The van der Waals surface area contributed by atoms with Crippen molar-refractivity contribution in [3.05, 3.63) is 35.8 Å². The van der Waals surface area contributed by atoms with Gasteiger partial charge in [0, 0.05) is 50.1 Å². The van der Waals surface area contributed by atoms with E-state index in [0.29, 0.717) is 25.5 Å². The number of rotatable bonds is 2. The van der Waals surface area contributed by atoms with Gasteiger partial charge < -0.3 is 14.9 Å². The van der Waals surface area contributed by atoms with Crippen molar-refractivity contribution in [2.45, 2.75) is 32.4 Å². The van der Waals surface area contributed by atoms with Crippen LogP contribution in [0.15, 0.2) is 24.5 Å². The lowest BCUT2D eigenvalue weighted by molar-refractivity contribution is -0.129. The third-order valence-electron chi connectivity index (χ3n) is 4.89. The number of aliphatic hydroxyl groups is 1. The highest BCUT2D eigenvalue weighted by molar-refractivity contribution is 5.74. The van der Waals surface area contributed by atoms with Gasteiger partial charge in [0.05, 0.1) is 18.3 Å². The molecule has 0 bridgehead atoms. The average molecular weight is 339 g/mol. The van der Waals surface area contributed by atoms with E-state index in [-0.39, 0.29) is 12.0 Å². The fourth-order valence-corrected chi connectivity index (χ4v) is 3.51. The Morgan fingerprint density at radius 3 is 2.72 bits per heavy atom. The van der Waals surface area contributed by atoms with Crippen LogP contribution in [-0.4, -0.2) is 56.6 Å². The number of amides is 1. The molecular formula is C18H21N5O2. The zero-order valence-electron chi connectivity index (χ0n) is 14.2. The first-order valence-electron chi connectivity index (χ1n) is 8.60. The van der Waals surface area contributed by atoms with E-state index in [1.165, 1.54) is 0 Å². The molecule has 4 heterocycles. The molecule has 7 nitrogen and oxygen atoms in total. The summed E-state index contributed by atoms with van der Waals surface area (Å²) in [5, 5.41) is 9.92. The van der Waals surface area contributed by atoms with E-state index < -0.39 is 0 Å². The maximum atomic E-state index is 11.8. The molecule has 0 unspecified atom stereocenters. The Balaban J connectivity index is 1.80. The van der Waals surface area contributed by atoms with Gasteiger partial charge >= 0.3 is 0 Å². The number of aromatic nitrogens is 3. The zero-order chi connectivity index (χ0) is 17.4. The fourth-order valence-electron chi connectivity index (χ4n) is 3.51. The monoisotopic (exact) mass is 339 g/mol. The molecule has 1 N–H and O–H groups in total. The molecule has 0 spiro atoms. The third kappa shape index (κ3) is 3.07. The van der Waals surface area contributed by atoms with Gasteiger partial charge in [-0.05, 0) is 25.0 Å². The van der Waals surface area contributed by atoms with E-state index >= 15 is 0 Å². The van der Waals surface area contributed by atoms with Crippen molar-refractivity contribution in [3.8, 4) is 11.4 Å². The van der Waals surface area contributed by atoms with Crippen molar-refractivity contribution in [1.29, 1.82) is 0 Å². The molecule has 1 amide bonds. The van der Waals surface area contributed by atoms with Crippen molar-refractivity contribution in [2.75, 3.05) is 24.5 Å². The maximum absolute atomic E-state index is 11.8. The smallest absolute Gasteiger partial charge is 0.219 e. The highest BCUT2D eigenvalue weighted by atomic mass is 16.3. The third-order valence-corrected chi connectivity index (χ3v) is 4.89. The second-order valence-corrected chi connectivity index (χ2v) is 6.61. The van der Waals surface area contributed by atoms with Gasteiger partial charge in [-0.25, -0.2) is 9.97 Å². The first kappa shape index (κ1) is 16.0. The van der Waals surface area contributed by atoms with Crippen LogP contribution in [0.4, 0.5) is 5.82 Å². The lowest BCUT2D eigenvalue weighted by atomic mass is 10.0. The van der Waals surface area contributed by atoms with Crippen LogP contribution in [0.2, 0.25) is 0 Å². The molecule has 1 fully saturated rings. The van der Waals surface area contributed by atoms with Crippen LogP contribution in [0, 0.1) is 0 Å². The summed E-state index contributed by atoms with van der Waals surface area (Å²) >= 11 is 0. The highest BCUT2D eigenvalue weighted by Gasteiger charge is 2.29. The molecule has 0 radical (unpaired) electrons. The maximum Gasteiger partial charge on any atom is 0.219 e. The normalized spacial score (nSPS) is 19.8. The van der Waals surface area contributed by atoms with E-state index in [0.717, 1.165) is 42.0 Å². The number of anilines is 1. The van der Waals surface area contributed by atoms with Crippen LogP contribution in [0.5, 0.6) is 0 Å². The number of carbonyl (C=O) groups is 1. The number of β-amino-alcohol motifs (C(OH)–C–C–N with tert-alkyl or cyclic N) is 1. The molecule has 2 aliphatic rings. The van der Waals surface area contributed by atoms with Crippen molar-refractivity contribution in [1.82, 2.24) is 19.9 Å². The molecule has 25 heavy (non-hydrogen) atoms. The Hall–Kier alpha value is -2.54. The summed E-state index contributed by atoms with van der Waals surface area (Å²) in [7, 11) is 0. The molecule has 1 atom stereocenters. The summed E-state index contributed by atoms with van der Waals surface area (Å²) in [6.45, 7) is 4.17. The Morgan fingerprint density at radius 1 is 1.24 bits per heavy atom. The van der Waals surface area contributed by atoms with Gasteiger partial charge in [-0.3, -0.25) is 9.78 Å². The van der Waals surface area contributed by atoms with Crippen LogP contribution < -0.4 is 4.90 Å². The molecule has 0 aromatic carbocycles. The number of nitrogens with zero attached hydrogens (tertiary/aromatic N) is 5. The summed E-state index contributed by atoms with van der Waals surface area (Å²) in [5.74, 6) is 1.60. The van der Waals surface area contributed by atoms with Crippen LogP contribution in [0.3, 0.4) is 0 Å². The predicted molar refractivity (Wildman–Crippen MR) is 92.9 cm³/mol. The van der Waals surface area contributed by atoms with Gasteiger partial charge in [0.2, 0.25) is 5.91 Å². The van der Waals surface area contributed by atoms with Crippen LogP contribution in [-0.2, 0) is 17.8 Å². The molecule has 130 valence electrons. The summed E-state index contributed by atoms with van der Waals surface area (Å²) in [6.07, 6.45) is 4.63. The van der Waals surface area contributed by atoms with Gasteiger partial charge in [-0.15, -0.1) is 0 Å². The number of hydrogen-bond acceptors (Lipinski definition) is 6. The molecule has 4 rings (SSSR count). The highest BCUT2D eigenvalue weighted by Crippen LogP contribution is 2.31. The number of hydrogen-bond donors (Lipinski definition) is 1. The van der Waals surface area contributed by atoms with Crippen molar-refractivity contribution < 1.29 is 9.90 Å². The lowest BCUT2D eigenvalue weighted by Gasteiger charge is -2.30. The minimum atomic E-state index is -0.313. The van der Waals surface area contributed by atoms with Crippen molar-refractivity contribution in [2.24, 2.45) is 0 Å². The molecule has 7 heteroatoms. The summed E-state index contributed by atoms with van der Waals surface area (Å²) in [6, 6.07) is 3.77. The Morgan fingerprint density at radius 2 is 2.04 bits per heavy atom. The van der Waals surface area contributed by atoms with E-state index in [1.54, 1.807) is 19.3 Å². The Bertz CT molecular complexity index is 796. The molecule has 2 aromatic rings. The van der Waals surface area contributed by atoms with Crippen LogP contribution >= 0.6 is 0 Å². The van der Waals surface area contributed by atoms with Crippen molar-refractivity contribution in [3.63, 3.8) is 0 Å². The van der Waals surface area contributed by atoms with Gasteiger partial charge in [-0.1, -0.05) is 0 Å². The van der Waals surface area contributed by atoms with Gasteiger partial charge in [-0.2, -0.15) is 0 Å². The molecule has 2 aliphatic heterocycles. The number of pyridine rings is 1. The Kier molecular flexibility index (Phi) is 4.09. The van der Waals surface area contributed by atoms with Crippen LogP contribution in [0.25, 0.3) is 11.4 Å². The molecular weight excluding hydrogens is 318 g/mol. The molecule has 0 saturated carbocycles. The number of aliphatic hydroxyl groups excluding tert-OH is 1. The second kappa shape index (κ2) is 6.40. The molecule has 2 aromatic heterocycles. The van der Waals surface area contributed by atoms with E-state index in [4.69, 9.17) is 9.97 Å². The summed E-state index contributed by atoms with van der Waals surface area (Å²) in [4.78, 5) is 29.3. The SMILES string of the molecule is CC(=O)N1CCc2c(nc(-c3ccncc3)nc2N2CC[C@H](O)C2)C1. The van der Waals surface area contributed by atoms with Gasteiger partial charge in [0.1, 0.15) is 5.82 Å². The largest absolute Gasteiger partial charge is 0.391 e. The van der Waals surface area contributed by atoms with E-state index in [2.05, 4.69) is 9.88 Å². The minimum absolute atomic E-state index is 0.0628. The first-order valence-corrected chi connectivity index (χ1v) is 8.60. The number of fused-ring (bicyclic) bond motifs is 1. The van der Waals surface area contributed by atoms with E-state index in [1.807, 2.05) is 17.0 Å².